The number of aliphatic imine (C=N–C) groups is 1. The number of hydrogen-bond acceptors (Lipinski definition) is 3. The Morgan fingerprint density at radius 3 is 2.61 bits per heavy atom. The number of hydrogen-bond donors (Lipinski definition) is 2. The molecule has 0 atom stereocenters. The normalized spacial score (nSPS) is 14.2. The Hall–Kier alpha value is -0.200. The van der Waals surface area contributed by atoms with Crippen molar-refractivity contribution in [2.45, 2.75) is 12.8 Å². The van der Waals surface area contributed by atoms with Gasteiger partial charge < -0.3 is 10.6 Å². The van der Waals surface area contributed by atoms with Gasteiger partial charge in [0.15, 0.2) is 5.96 Å². The second kappa shape index (κ2) is 8.07. The summed E-state index contributed by atoms with van der Waals surface area (Å²) >= 11 is 12.2. The topological polar surface area (TPSA) is 36.4 Å². The molecule has 2 N–H and O–H groups in total. The summed E-state index contributed by atoms with van der Waals surface area (Å²) in [5.74, 6) is 0.874. The van der Waals surface area contributed by atoms with E-state index in [4.69, 9.17) is 23.2 Å². The van der Waals surface area contributed by atoms with Crippen molar-refractivity contribution < 1.29 is 0 Å². The van der Waals surface area contributed by atoms with Crippen LogP contribution in [-0.4, -0.2) is 25.6 Å². The van der Waals surface area contributed by atoms with Gasteiger partial charge in [0.1, 0.15) is 0 Å². The Morgan fingerprint density at radius 2 is 2.00 bits per heavy atom. The molecule has 0 bridgehead atoms. The molecule has 1 heterocycles. The van der Waals surface area contributed by atoms with E-state index in [9.17, 15) is 0 Å². The number of rotatable bonds is 3. The van der Waals surface area contributed by atoms with Crippen LogP contribution in [0.15, 0.2) is 23.2 Å². The molecule has 0 fully saturated rings. The van der Waals surface area contributed by atoms with E-state index >= 15 is 0 Å². The van der Waals surface area contributed by atoms with E-state index in [-0.39, 0.29) is 24.0 Å². The highest BCUT2D eigenvalue weighted by Gasteiger charge is 2.06. The van der Waals surface area contributed by atoms with Crippen LogP contribution in [0, 0.1) is 0 Å². The Balaban J connectivity index is 0.00000162. The van der Waals surface area contributed by atoms with Gasteiger partial charge in [0.25, 0.3) is 0 Å². The van der Waals surface area contributed by atoms with E-state index in [2.05, 4.69) is 15.6 Å². The maximum atomic E-state index is 6.09. The summed E-state index contributed by atoms with van der Waals surface area (Å²) < 4.78 is 0. The average molecular weight is 400 g/mol. The summed E-state index contributed by atoms with van der Waals surface area (Å²) in [6.45, 7) is 2.65. The average Bonchev–Trinajstić information content (AvgIpc) is 2.34. The summed E-state index contributed by atoms with van der Waals surface area (Å²) in [6.07, 6.45) is 1.89. The third kappa shape index (κ3) is 4.48. The summed E-state index contributed by atoms with van der Waals surface area (Å²) in [5, 5.41) is 7.89. The number of nitrogens with one attached hydrogen (secondary N) is 2. The van der Waals surface area contributed by atoms with Crippen LogP contribution in [0.25, 0.3) is 0 Å². The maximum Gasteiger partial charge on any atom is 0.191 e. The van der Waals surface area contributed by atoms with E-state index in [0.717, 1.165) is 54.0 Å². The first-order chi connectivity index (χ1) is 8.27. The van der Waals surface area contributed by atoms with Gasteiger partial charge in [-0.1, -0.05) is 29.3 Å². The van der Waals surface area contributed by atoms with E-state index in [1.54, 1.807) is 0 Å². The van der Waals surface area contributed by atoms with Crippen LogP contribution in [0.1, 0.15) is 12.0 Å². The molecule has 1 aliphatic rings. The van der Waals surface area contributed by atoms with Gasteiger partial charge in [-0.25, -0.2) is 0 Å². The molecule has 0 spiro atoms. The molecule has 0 amide bonds. The second-order valence-electron chi connectivity index (χ2n) is 3.89. The van der Waals surface area contributed by atoms with Crippen molar-refractivity contribution in [3.63, 3.8) is 0 Å². The third-order valence-corrected chi connectivity index (χ3v) is 3.33. The zero-order valence-corrected chi connectivity index (χ0v) is 13.7. The number of benzene rings is 1. The Kier molecular flexibility index (Phi) is 7.11. The molecular weight excluding hydrogens is 384 g/mol. The minimum atomic E-state index is 0. The van der Waals surface area contributed by atoms with E-state index in [1.165, 1.54) is 0 Å². The summed E-state index contributed by atoms with van der Waals surface area (Å²) in [6, 6.07) is 5.58. The SMILES string of the molecule is Clc1cccc(Cl)c1CCNC1=NCCCN1.I. The van der Waals surface area contributed by atoms with Gasteiger partial charge >= 0.3 is 0 Å². The van der Waals surface area contributed by atoms with Gasteiger partial charge in [-0.15, -0.1) is 24.0 Å². The molecule has 100 valence electrons. The highest BCUT2D eigenvalue weighted by molar-refractivity contribution is 14.0. The van der Waals surface area contributed by atoms with Crippen molar-refractivity contribution in [1.29, 1.82) is 0 Å². The molecule has 3 nitrogen and oxygen atoms in total. The lowest BCUT2D eigenvalue weighted by atomic mass is 10.1. The van der Waals surface area contributed by atoms with Crippen molar-refractivity contribution in [3.8, 4) is 0 Å². The molecule has 0 aromatic heterocycles. The van der Waals surface area contributed by atoms with Crippen LogP contribution in [0.3, 0.4) is 0 Å². The van der Waals surface area contributed by atoms with Crippen molar-refractivity contribution in [1.82, 2.24) is 10.6 Å². The van der Waals surface area contributed by atoms with Gasteiger partial charge in [0, 0.05) is 29.7 Å². The molecule has 2 rings (SSSR count). The molecule has 1 aromatic rings. The van der Waals surface area contributed by atoms with E-state index in [0.29, 0.717) is 0 Å². The van der Waals surface area contributed by atoms with Crippen LogP contribution in [0.4, 0.5) is 0 Å². The molecule has 1 aliphatic heterocycles. The quantitative estimate of drug-likeness (QED) is 0.766. The largest absolute Gasteiger partial charge is 0.356 e. The summed E-state index contributed by atoms with van der Waals surface area (Å²) in [5.41, 5.74) is 0.986. The molecular formula is C12H16Cl2IN3. The zero-order valence-electron chi connectivity index (χ0n) is 9.88. The number of halogens is 3. The first-order valence-corrected chi connectivity index (χ1v) is 6.48. The molecule has 0 saturated carbocycles. The molecule has 0 aliphatic carbocycles. The van der Waals surface area contributed by atoms with Gasteiger partial charge in [-0.3, -0.25) is 4.99 Å². The lowest BCUT2D eigenvalue weighted by Gasteiger charge is -2.16. The Morgan fingerprint density at radius 1 is 1.28 bits per heavy atom. The van der Waals surface area contributed by atoms with Crippen LogP contribution in [0.5, 0.6) is 0 Å². The minimum absolute atomic E-state index is 0. The van der Waals surface area contributed by atoms with E-state index < -0.39 is 0 Å². The standard InChI is InChI=1S/C12H15Cl2N3.HI/c13-10-3-1-4-11(14)9(10)5-8-17-12-15-6-2-7-16-12;/h1,3-4H,2,5-8H2,(H2,15,16,17);1H. The van der Waals surface area contributed by atoms with Crippen molar-refractivity contribution >= 4 is 53.1 Å². The predicted molar refractivity (Wildman–Crippen MR) is 88.5 cm³/mol. The van der Waals surface area contributed by atoms with Gasteiger partial charge in [0.2, 0.25) is 0 Å². The monoisotopic (exact) mass is 399 g/mol. The summed E-state index contributed by atoms with van der Waals surface area (Å²) in [4.78, 5) is 4.33. The first-order valence-electron chi connectivity index (χ1n) is 5.72. The van der Waals surface area contributed by atoms with Crippen molar-refractivity contribution in [2.75, 3.05) is 19.6 Å². The lowest BCUT2D eigenvalue weighted by Crippen LogP contribution is -2.41. The predicted octanol–water partition coefficient (Wildman–Crippen LogP) is 3.09. The summed E-state index contributed by atoms with van der Waals surface area (Å²) in [7, 11) is 0. The first kappa shape index (κ1) is 15.9. The maximum absolute atomic E-state index is 6.09. The van der Waals surface area contributed by atoms with Crippen molar-refractivity contribution in [3.05, 3.63) is 33.8 Å². The molecule has 0 radical (unpaired) electrons. The minimum Gasteiger partial charge on any atom is -0.356 e. The van der Waals surface area contributed by atoms with Crippen molar-refractivity contribution in [2.24, 2.45) is 4.99 Å². The fourth-order valence-electron chi connectivity index (χ4n) is 1.73. The highest BCUT2D eigenvalue weighted by atomic mass is 127. The highest BCUT2D eigenvalue weighted by Crippen LogP contribution is 2.24. The molecule has 1 aromatic carbocycles. The smallest absolute Gasteiger partial charge is 0.191 e. The Bertz CT molecular complexity index is 404. The number of nitrogens with zero attached hydrogens (tertiary/aromatic N) is 1. The van der Waals surface area contributed by atoms with Gasteiger partial charge in [0.05, 0.1) is 0 Å². The van der Waals surface area contributed by atoms with E-state index in [1.807, 2.05) is 18.2 Å². The zero-order chi connectivity index (χ0) is 12.1. The molecule has 0 unspecified atom stereocenters. The van der Waals surface area contributed by atoms with Crippen LogP contribution >= 0.6 is 47.2 Å². The fourth-order valence-corrected chi connectivity index (χ4v) is 2.31. The van der Waals surface area contributed by atoms with Gasteiger partial charge in [-0.2, -0.15) is 0 Å². The molecule has 0 saturated heterocycles. The number of guanidine groups is 1. The molecule has 6 heteroatoms. The fraction of sp³-hybridized carbons (Fsp3) is 0.417. The molecule has 18 heavy (non-hydrogen) atoms. The second-order valence-corrected chi connectivity index (χ2v) is 4.70. The lowest BCUT2D eigenvalue weighted by molar-refractivity contribution is 0.700. The van der Waals surface area contributed by atoms with Gasteiger partial charge in [-0.05, 0) is 30.5 Å². The third-order valence-electron chi connectivity index (χ3n) is 2.63. The van der Waals surface area contributed by atoms with Crippen LogP contribution < -0.4 is 10.6 Å². The Labute approximate surface area is 134 Å². The van der Waals surface area contributed by atoms with Crippen LogP contribution in [-0.2, 0) is 6.42 Å². The van der Waals surface area contributed by atoms with Crippen LogP contribution in [0.2, 0.25) is 10.0 Å².